The molecular weight excluding hydrogens is 392 g/mol. The van der Waals surface area contributed by atoms with E-state index in [2.05, 4.69) is 33.9 Å². The van der Waals surface area contributed by atoms with Crippen LogP contribution in [0.3, 0.4) is 0 Å². The molecule has 0 bridgehead atoms. The summed E-state index contributed by atoms with van der Waals surface area (Å²) in [5, 5.41) is 1.12. The highest BCUT2D eigenvalue weighted by Crippen LogP contribution is 2.26. The highest BCUT2D eigenvalue weighted by Gasteiger charge is 2.17. The van der Waals surface area contributed by atoms with E-state index in [9.17, 15) is 9.59 Å². The first-order valence-electron chi connectivity index (χ1n) is 10.5. The Labute approximate surface area is 183 Å². The van der Waals surface area contributed by atoms with Gasteiger partial charge in [0.05, 0.1) is 13.5 Å². The average molecular weight is 423 g/mol. The number of aryl methyl sites for hydroxylation is 2. The maximum Gasteiger partial charge on any atom is 0.307 e. The van der Waals surface area contributed by atoms with Crippen molar-refractivity contribution in [1.82, 2.24) is 9.55 Å². The number of pyridine rings is 1. The number of rotatable bonds is 8. The van der Waals surface area contributed by atoms with Crippen LogP contribution in [0, 0.1) is 0 Å². The van der Waals surface area contributed by atoms with Crippen molar-refractivity contribution >= 4 is 22.8 Å². The van der Waals surface area contributed by atoms with Crippen LogP contribution in [0.25, 0.3) is 10.9 Å². The Balaban J connectivity index is 1.85. The van der Waals surface area contributed by atoms with Crippen molar-refractivity contribution in [2.24, 2.45) is 0 Å². The number of esters is 2. The molecule has 2 aromatic heterocycles. The summed E-state index contributed by atoms with van der Waals surface area (Å²) in [5.41, 5.74) is 3.94. The van der Waals surface area contributed by atoms with Gasteiger partial charge < -0.3 is 14.0 Å². The van der Waals surface area contributed by atoms with Gasteiger partial charge in [0.25, 0.3) is 0 Å². The zero-order valence-corrected chi connectivity index (χ0v) is 18.7. The topological polar surface area (TPSA) is 70.4 Å². The molecule has 0 aliphatic heterocycles. The molecule has 0 saturated carbocycles. The van der Waals surface area contributed by atoms with Crippen LogP contribution in [0.4, 0.5) is 0 Å². The summed E-state index contributed by atoms with van der Waals surface area (Å²) < 4.78 is 12.3. The summed E-state index contributed by atoms with van der Waals surface area (Å²) in [4.78, 5) is 28.0. The van der Waals surface area contributed by atoms with Gasteiger partial charge in [-0.25, -0.2) is 0 Å². The molecule has 0 saturated heterocycles. The minimum Gasteiger partial charge on any atom is -0.469 e. The van der Waals surface area contributed by atoms with E-state index in [1.54, 1.807) is 6.20 Å². The Morgan fingerprint density at radius 1 is 1.06 bits per heavy atom. The second-order valence-corrected chi connectivity index (χ2v) is 8.65. The lowest BCUT2D eigenvalue weighted by atomic mass is 10.0. The molecule has 0 unspecified atom stereocenters. The fraction of sp³-hybridized carbons (Fsp3) is 0.400. The van der Waals surface area contributed by atoms with E-state index in [1.807, 2.05) is 39.1 Å². The summed E-state index contributed by atoms with van der Waals surface area (Å²) in [7, 11) is 1.40. The number of hydrogen-bond donors (Lipinski definition) is 0. The van der Waals surface area contributed by atoms with Crippen LogP contribution in [0.2, 0.25) is 0 Å². The van der Waals surface area contributed by atoms with E-state index < -0.39 is 5.60 Å². The number of nitrogens with zero attached hydrogens (tertiary/aromatic N) is 2. The monoisotopic (exact) mass is 422 g/mol. The highest BCUT2D eigenvalue weighted by atomic mass is 16.6. The lowest BCUT2D eigenvalue weighted by molar-refractivity contribution is -0.154. The molecule has 1 aromatic carbocycles. The second-order valence-electron chi connectivity index (χ2n) is 8.65. The molecular formula is C25H30N2O4. The van der Waals surface area contributed by atoms with Crippen molar-refractivity contribution in [1.29, 1.82) is 0 Å². The molecule has 0 atom stereocenters. The first kappa shape index (κ1) is 22.5. The first-order valence-corrected chi connectivity index (χ1v) is 10.5. The summed E-state index contributed by atoms with van der Waals surface area (Å²) in [6, 6.07) is 10.2. The third-order valence-electron chi connectivity index (χ3n) is 4.97. The number of carbonyl (C=O) groups is 2. The number of benzene rings is 1. The smallest absolute Gasteiger partial charge is 0.307 e. The molecule has 3 rings (SSSR count). The van der Waals surface area contributed by atoms with Crippen LogP contribution in [0.5, 0.6) is 0 Å². The lowest BCUT2D eigenvalue weighted by Crippen LogP contribution is -2.24. The van der Waals surface area contributed by atoms with E-state index in [1.165, 1.54) is 7.11 Å². The summed E-state index contributed by atoms with van der Waals surface area (Å²) in [6.07, 6.45) is 7.73. The van der Waals surface area contributed by atoms with Gasteiger partial charge in [0, 0.05) is 48.9 Å². The minimum absolute atomic E-state index is 0.196. The zero-order chi connectivity index (χ0) is 22.4. The molecule has 164 valence electrons. The Morgan fingerprint density at radius 3 is 2.55 bits per heavy atom. The fourth-order valence-corrected chi connectivity index (χ4v) is 3.57. The largest absolute Gasteiger partial charge is 0.469 e. The van der Waals surface area contributed by atoms with Gasteiger partial charge in [-0.1, -0.05) is 12.1 Å². The van der Waals surface area contributed by atoms with Gasteiger partial charge in [-0.3, -0.25) is 14.6 Å². The van der Waals surface area contributed by atoms with E-state index in [0.29, 0.717) is 25.8 Å². The van der Waals surface area contributed by atoms with Crippen molar-refractivity contribution in [3.05, 3.63) is 65.6 Å². The number of methoxy groups -OCH3 is 1. The third-order valence-corrected chi connectivity index (χ3v) is 4.97. The van der Waals surface area contributed by atoms with Gasteiger partial charge in [0.15, 0.2) is 0 Å². The number of hydrogen-bond acceptors (Lipinski definition) is 5. The van der Waals surface area contributed by atoms with Crippen LogP contribution in [0.15, 0.2) is 48.9 Å². The standard InChI is InChI=1S/C25H30N2O4/c1-25(2,3)31-24(29)10-8-18-7-9-22-21(15-18)20(14-19-6-5-12-26-16-19)17-27(22)13-11-23(28)30-4/h5-7,9,12,15-17H,8,10-11,13-14H2,1-4H3. The van der Waals surface area contributed by atoms with Crippen molar-refractivity contribution < 1.29 is 19.1 Å². The molecule has 2 heterocycles. The maximum absolute atomic E-state index is 12.1. The van der Waals surface area contributed by atoms with Crippen LogP contribution < -0.4 is 0 Å². The Kier molecular flexibility index (Phi) is 7.10. The predicted octanol–water partition coefficient (Wildman–Crippen LogP) is 4.46. The molecule has 0 fully saturated rings. The van der Waals surface area contributed by atoms with Crippen molar-refractivity contribution in [3.8, 4) is 0 Å². The summed E-state index contributed by atoms with van der Waals surface area (Å²) >= 11 is 0. The van der Waals surface area contributed by atoms with E-state index in [-0.39, 0.29) is 11.9 Å². The highest BCUT2D eigenvalue weighted by molar-refractivity contribution is 5.85. The van der Waals surface area contributed by atoms with E-state index >= 15 is 0 Å². The molecule has 6 heteroatoms. The molecule has 3 aromatic rings. The Morgan fingerprint density at radius 2 is 1.87 bits per heavy atom. The first-order chi connectivity index (χ1) is 14.7. The minimum atomic E-state index is -0.477. The number of carbonyl (C=O) groups excluding carboxylic acids is 2. The van der Waals surface area contributed by atoms with Gasteiger partial charge in [0.2, 0.25) is 0 Å². The molecule has 0 aliphatic rings. The summed E-state index contributed by atoms with van der Waals surface area (Å²) in [6.45, 7) is 6.17. The van der Waals surface area contributed by atoms with Crippen molar-refractivity contribution in [3.63, 3.8) is 0 Å². The average Bonchev–Trinajstić information content (AvgIpc) is 3.06. The van der Waals surface area contributed by atoms with Gasteiger partial charge in [-0.05, 0) is 62.1 Å². The van der Waals surface area contributed by atoms with E-state index in [0.717, 1.165) is 34.0 Å². The predicted molar refractivity (Wildman–Crippen MR) is 120 cm³/mol. The van der Waals surface area contributed by atoms with Crippen molar-refractivity contribution in [2.75, 3.05) is 7.11 Å². The van der Waals surface area contributed by atoms with Crippen LogP contribution in [-0.4, -0.2) is 34.2 Å². The maximum atomic E-state index is 12.1. The molecule has 0 N–H and O–H groups in total. The zero-order valence-electron chi connectivity index (χ0n) is 18.7. The second kappa shape index (κ2) is 9.77. The molecule has 0 aliphatic carbocycles. The Hall–Kier alpha value is -3.15. The molecule has 0 spiro atoms. The molecule has 31 heavy (non-hydrogen) atoms. The van der Waals surface area contributed by atoms with Crippen LogP contribution >= 0.6 is 0 Å². The van der Waals surface area contributed by atoms with Gasteiger partial charge in [-0.15, -0.1) is 0 Å². The number of aromatic nitrogens is 2. The number of fused-ring (bicyclic) bond motifs is 1. The SMILES string of the molecule is COC(=O)CCn1cc(Cc2cccnc2)c2cc(CCC(=O)OC(C)(C)C)ccc21. The summed E-state index contributed by atoms with van der Waals surface area (Å²) in [5.74, 6) is -0.427. The molecule has 6 nitrogen and oxygen atoms in total. The third kappa shape index (κ3) is 6.41. The Bertz CT molecular complexity index is 1050. The van der Waals surface area contributed by atoms with Crippen LogP contribution in [0.1, 0.15) is 50.3 Å². The lowest BCUT2D eigenvalue weighted by Gasteiger charge is -2.19. The van der Waals surface area contributed by atoms with Gasteiger partial charge in [-0.2, -0.15) is 0 Å². The van der Waals surface area contributed by atoms with Gasteiger partial charge >= 0.3 is 11.9 Å². The molecule has 0 amide bonds. The molecule has 0 radical (unpaired) electrons. The quantitative estimate of drug-likeness (QED) is 0.501. The van der Waals surface area contributed by atoms with Crippen LogP contribution in [-0.2, 0) is 38.4 Å². The fourth-order valence-electron chi connectivity index (χ4n) is 3.57. The normalized spacial score (nSPS) is 11.5. The van der Waals surface area contributed by atoms with E-state index in [4.69, 9.17) is 9.47 Å². The van der Waals surface area contributed by atoms with Gasteiger partial charge in [0.1, 0.15) is 5.60 Å². The van der Waals surface area contributed by atoms with Crippen molar-refractivity contribution in [2.45, 2.75) is 58.6 Å². The number of ether oxygens (including phenoxy) is 2.